The van der Waals surface area contributed by atoms with E-state index < -0.39 is 78.5 Å². The van der Waals surface area contributed by atoms with Crippen molar-refractivity contribution in [2.75, 3.05) is 12.3 Å². The van der Waals surface area contributed by atoms with Crippen LogP contribution in [-0.2, 0) is 33.6 Å². The van der Waals surface area contributed by atoms with Gasteiger partial charge in [0.25, 0.3) is 0 Å². The number of carboxylic acids is 1. The Labute approximate surface area is 213 Å². The van der Waals surface area contributed by atoms with E-state index in [1.807, 2.05) is 13.8 Å². The zero-order valence-corrected chi connectivity index (χ0v) is 21.0. The summed E-state index contributed by atoms with van der Waals surface area (Å²) >= 11 is 3.94. The van der Waals surface area contributed by atoms with Crippen molar-refractivity contribution in [3.8, 4) is 0 Å². The standard InChI is InChI=1S/C20H35N7O8S/c1-9(2)5-12(26-17(31)10(21)8-36)18(32)24-7-16(30)25-11(3-4-14(22)28)19(33)27-13(20(34)35)6-15(23)29/h9-13,36H,3-8,21H2,1-2H3,(H2,22,28)(H2,23,29)(H,24,32)(H,25,30)(H,26,31)(H,27,33)(H,34,35). The molecule has 4 unspecified atom stereocenters. The average molecular weight is 534 g/mol. The Hall–Kier alpha value is -3.40. The second-order valence-electron chi connectivity index (χ2n) is 8.39. The Balaban J connectivity index is 5.26. The second-order valence-corrected chi connectivity index (χ2v) is 8.76. The number of nitrogens with two attached hydrogens (primary N) is 3. The van der Waals surface area contributed by atoms with Crippen molar-refractivity contribution < 1.29 is 38.7 Å². The number of thiol groups is 1. The molecule has 6 amide bonds. The topological polar surface area (TPSA) is 266 Å². The molecule has 0 rings (SSSR count). The van der Waals surface area contributed by atoms with Crippen LogP contribution in [0.3, 0.4) is 0 Å². The Bertz CT molecular complexity index is 839. The highest BCUT2D eigenvalue weighted by molar-refractivity contribution is 7.80. The quantitative estimate of drug-likeness (QED) is 0.0825. The molecule has 0 aliphatic carbocycles. The van der Waals surface area contributed by atoms with Crippen molar-refractivity contribution in [1.29, 1.82) is 0 Å². The van der Waals surface area contributed by atoms with Crippen LogP contribution in [0.15, 0.2) is 0 Å². The smallest absolute Gasteiger partial charge is 0.326 e. The number of carboxylic acid groups (broad SMARTS) is 1. The minimum Gasteiger partial charge on any atom is -0.480 e. The van der Waals surface area contributed by atoms with Crippen LogP contribution in [-0.4, -0.2) is 83.0 Å². The van der Waals surface area contributed by atoms with E-state index in [1.54, 1.807) is 0 Å². The van der Waals surface area contributed by atoms with Gasteiger partial charge in [-0.2, -0.15) is 12.6 Å². The lowest BCUT2D eigenvalue weighted by atomic mass is 10.0. The highest BCUT2D eigenvalue weighted by atomic mass is 32.1. The largest absolute Gasteiger partial charge is 0.480 e. The first-order valence-corrected chi connectivity index (χ1v) is 11.6. The van der Waals surface area contributed by atoms with Crippen LogP contribution in [0, 0.1) is 5.92 Å². The maximum Gasteiger partial charge on any atom is 0.326 e. The third-order valence-electron chi connectivity index (χ3n) is 4.65. The number of aliphatic carboxylic acids is 1. The summed E-state index contributed by atoms with van der Waals surface area (Å²) in [5, 5.41) is 18.3. The Morgan fingerprint density at radius 2 is 1.42 bits per heavy atom. The monoisotopic (exact) mass is 533 g/mol. The summed E-state index contributed by atoms with van der Waals surface area (Å²) in [6.45, 7) is 3.04. The van der Waals surface area contributed by atoms with E-state index in [1.165, 1.54) is 0 Å². The Morgan fingerprint density at radius 1 is 0.833 bits per heavy atom. The number of hydrogen-bond acceptors (Lipinski definition) is 9. The molecule has 0 aromatic rings. The molecule has 0 fully saturated rings. The number of carbonyl (C=O) groups is 7. The summed E-state index contributed by atoms with van der Waals surface area (Å²) in [6, 6.07) is -4.99. The summed E-state index contributed by atoms with van der Waals surface area (Å²) < 4.78 is 0. The van der Waals surface area contributed by atoms with Gasteiger partial charge in [-0.15, -0.1) is 0 Å². The zero-order valence-electron chi connectivity index (χ0n) is 20.1. The first kappa shape index (κ1) is 32.6. The lowest BCUT2D eigenvalue weighted by Crippen LogP contribution is -2.55. The first-order valence-electron chi connectivity index (χ1n) is 11.0. The summed E-state index contributed by atoms with van der Waals surface area (Å²) in [6.07, 6.45) is -1.06. The second kappa shape index (κ2) is 16.3. The molecule has 0 aromatic carbocycles. The minimum atomic E-state index is -1.66. The molecule has 0 spiro atoms. The molecule has 0 bridgehead atoms. The van der Waals surface area contributed by atoms with Gasteiger partial charge >= 0.3 is 5.97 Å². The van der Waals surface area contributed by atoms with Crippen molar-refractivity contribution in [3.63, 3.8) is 0 Å². The van der Waals surface area contributed by atoms with Gasteiger partial charge in [-0.05, 0) is 18.8 Å². The highest BCUT2D eigenvalue weighted by Gasteiger charge is 2.29. The fraction of sp³-hybridized carbons (Fsp3) is 0.650. The van der Waals surface area contributed by atoms with E-state index in [0.717, 1.165) is 0 Å². The molecule has 0 radical (unpaired) electrons. The minimum absolute atomic E-state index is 0.00608. The number of amides is 6. The first-order chi connectivity index (χ1) is 16.7. The summed E-state index contributed by atoms with van der Waals surface area (Å²) in [5.74, 6) is -6.37. The molecule has 0 saturated heterocycles. The Kier molecular flexibility index (Phi) is 14.8. The van der Waals surface area contributed by atoms with Crippen LogP contribution in [0.4, 0.5) is 0 Å². The van der Waals surface area contributed by atoms with Crippen molar-refractivity contribution in [2.24, 2.45) is 23.1 Å². The van der Waals surface area contributed by atoms with E-state index in [4.69, 9.17) is 22.3 Å². The summed E-state index contributed by atoms with van der Waals surface area (Å²) in [7, 11) is 0. The number of carbonyl (C=O) groups excluding carboxylic acids is 6. The lowest BCUT2D eigenvalue weighted by Gasteiger charge is -2.23. The fourth-order valence-corrected chi connectivity index (χ4v) is 3.00. The van der Waals surface area contributed by atoms with Gasteiger partial charge in [0.15, 0.2) is 0 Å². The average Bonchev–Trinajstić information content (AvgIpc) is 2.77. The molecule has 11 N–H and O–H groups in total. The molecule has 36 heavy (non-hydrogen) atoms. The number of hydrogen-bond donors (Lipinski definition) is 9. The van der Waals surface area contributed by atoms with E-state index >= 15 is 0 Å². The van der Waals surface area contributed by atoms with Gasteiger partial charge < -0.3 is 43.6 Å². The van der Waals surface area contributed by atoms with Crippen LogP contribution in [0.5, 0.6) is 0 Å². The van der Waals surface area contributed by atoms with E-state index in [0.29, 0.717) is 0 Å². The van der Waals surface area contributed by atoms with Crippen LogP contribution in [0.25, 0.3) is 0 Å². The van der Waals surface area contributed by atoms with Gasteiger partial charge in [-0.1, -0.05) is 13.8 Å². The van der Waals surface area contributed by atoms with Gasteiger partial charge in [-0.25, -0.2) is 4.79 Å². The van der Waals surface area contributed by atoms with Crippen LogP contribution < -0.4 is 38.5 Å². The third kappa shape index (κ3) is 13.5. The molecule has 0 aliphatic heterocycles. The molecular formula is C20H35N7O8S. The van der Waals surface area contributed by atoms with Crippen molar-refractivity contribution >= 4 is 54.0 Å². The van der Waals surface area contributed by atoms with Gasteiger partial charge in [0.05, 0.1) is 19.0 Å². The predicted octanol–water partition coefficient (Wildman–Crippen LogP) is -3.91. The predicted molar refractivity (Wildman–Crippen MR) is 130 cm³/mol. The van der Waals surface area contributed by atoms with Crippen LogP contribution >= 0.6 is 12.6 Å². The number of rotatable bonds is 17. The van der Waals surface area contributed by atoms with Crippen molar-refractivity contribution in [3.05, 3.63) is 0 Å². The third-order valence-corrected chi connectivity index (χ3v) is 5.04. The van der Waals surface area contributed by atoms with Gasteiger partial charge in [0, 0.05) is 12.2 Å². The fourth-order valence-electron chi connectivity index (χ4n) is 2.83. The molecule has 16 heteroatoms. The maximum absolute atomic E-state index is 12.6. The normalized spacial score (nSPS) is 14.0. The molecule has 0 heterocycles. The molecule has 204 valence electrons. The number of nitrogens with one attached hydrogen (secondary N) is 4. The molecular weight excluding hydrogens is 498 g/mol. The molecule has 0 aliphatic rings. The lowest BCUT2D eigenvalue weighted by molar-refractivity contribution is -0.143. The molecule has 0 aromatic heterocycles. The summed E-state index contributed by atoms with van der Waals surface area (Å²) in [5.41, 5.74) is 15.7. The molecule has 0 saturated carbocycles. The van der Waals surface area contributed by atoms with Crippen LogP contribution in [0.2, 0.25) is 0 Å². The van der Waals surface area contributed by atoms with Crippen molar-refractivity contribution in [1.82, 2.24) is 21.3 Å². The highest BCUT2D eigenvalue weighted by Crippen LogP contribution is 2.06. The van der Waals surface area contributed by atoms with E-state index in [9.17, 15) is 33.6 Å². The summed E-state index contributed by atoms with van der Waals surface area (Å²) in [4.78, 5) is 83.0. The van der Waals surface area contributed by atoms with Gasteiger partial charge in [0.2, 0.25) is 35.4 Å². The van der Waals surface area contributed by atoms with Crippen molar-refractivity contribution in [2.45, 2.75) is 63.7 Å². The van der Waals surface area contributed by atoms with E-state index in [2.05, 4.69) is 33.9 Å². The molecule has 4 atom stereocenters. The van der Waals surface area contributed by atoms with Crippen LogP contribution in [0.1, 0.15) is 39.5 Å². The molecule has 15 nitrogen and oxygen atoms in total. The number of primary amides is 2. The van der Waals surface area contributed by atoms with Gasteiger partial charge in [-0.3, -0.25) is 28.8 Å². The SMILES string of the molecule is CC(C)CC(NC(=O)C(N)CS)C(=O)NCC(=O)NC(CCC(N)=O)C(=O)NC(CC(N)=O)C(=O)O. The van der Waals surface area contributed by atoms with Gasteiger partial charge in [0.1, 0.15) is 18.1 Å². The van der Waals surface area contributed by atoms with E-state index in [-0.39, 0.29) is 30.9 Å². The maximum atomic E-state index is 12.6. The zero-order chi connectivity index (χ0) is 28.0. The Morgan fingerprint density at radius 3 is 1.89 bits per heavy atom.